The van der Waals surface area contributed by atoms with Gasteiger partial charge in [-0.15, -0.1) is 11.6 Å². The predicted molar refractivity (Wildman–Crippen MR) is 68.2 cm³/mol. The molecule has 2 fully saturated rings. The molecule has 0 aromatic heterocycles. The Labute approximate surface area is 108 Å². The van der Waals surface area contributed by atoms with Gasteiger partial charge in [0.1, 0.15) is 0 Å². The summed E-state index contributed by atoms with van der Waals surface area (Å²) in [5.41, 5.74) is 0.155. The number of hydrogen-bond acceptors (Lipinski definition) is 2. The van der Waals surface area contributed by atoms with Crippen LogP contribution in [0.4, 0.5) is 0 Å². The molecule has 2 unspecified atom stereocenters. The second-order valence-corrected chi connectivity index (χ2v) is 5.90. The number of ether oxygens (including phenoxy) is 1. The van der Waals surface area contributed by atoms with Crippen LogP contribution < -0.4 is 5.32 Å². The molecule has 2 aliphatic rings. The Balaban J connectivity index is 1.79. The lowest BCUT2D eigenvalue weighted by Crippen LogP contribution is -2.40. The molecular weight excluding hydrogens is 238 g/mol. The van der Waals surface area contributed by atoms with Crippen molar-refractivity contribution in [1.29, 1.82) is 0 Å². The van der Waals surface area contributed by atoms with Crippen LogP contribution in [0.2, 0.25) is 0 Å². The number of hydrogen-bond donors (Lipinski definition) is 1. The van der Waals surface area contributed by atoms with Gasteiger partial charge in [0, 0.05) is 17.8 Å². The molecule has 1 heterocycles. The number of carbonyl (C=O) groups is 1. The zero-order chi connectivity index (χ0) is 12.3. The average molecular weight is 260 g/mol. The molecule has 0 aromatic carbocycles. The fraction of sp³-hybridized carbons (Fsp3) is 0.923. The highest BCUT2D eigenvalue weighted by molar-refractivity contribution is 6.18. The van der Waals surface area contributed by atoms with Gasteiger partial charge in [-0.1, -0.05) is 12.8 Å². The third-order valence-electron chi connectivity index (χ3n) is 4.15. The van der Waals surface area contributed by atoms with Crippen molar-refractivity contribution in [3.8, 4) is 0 Å². The lowest BCUT2D eigenvalue weighted by Gasteiger charge is -2.27. The summed E-state index contributed by atoms with van der Waals surface area (Å²) in [7, 11) is 0. The standard InChI is InChI=1S/C13H22ClNO2/c1-10-6-11(7-17-10)12(16)15-9-13(8-14)4-2-3-5-13/h10-11H,2-9H2,1H3,(H,15,16). The molecule has 0 spiro atoms. The number of rotatable bonds is 4. The van der Waals surface area contributed by atoms with E-state index in [9.17, 15) is 4.79 Å². The smallest absolute Gasteiger partial charge is 0.225 e. The van der Waals surface area contributed by atoms with E-state index in [1.54, 1.807) is 0 Å². The van der Waals surface area contributed by atoms with Crippen LogP contribution in [0.1, 0.15) is 39.0 Å². The molecule has 0 radical (unpaired) electrons. The maximum absolute atomic E-state index is 12.0. The van der Waals surface area contributed by atoms with E-state index in [1.807, 2.05) is 6.92 Å². The van der Waals surface area contributed by atoms with E-state index in [4.69, 9.17) is 16.3 Å². The summed E-state index contributed by atoms with van der Waals surface area (Å²) in [6, 6.07) is 0. The molecule has 4 heteroatoms. The molecule has 1 amide bonds. The van der Waals surface area contributed by atoms with Crippen molar-refractivity contribution < 1.29 is 9.53 Å². The lowest BCUT2D eigenvalue weighted by atomic mass is 9.88. The second-order valence-electron chi connectivity index (χ2n) is 5.64. The van der Waals surface area contributed by atoms with Crippen molar-refractivity contribution in [2.24, 2.45) is 11.3 Å². The maximum atomic E-state index is 12.0. The third-order valence-corrected chi connectivity index (χ3v) is 4.72. The molecular formula is C13H22ClNO2. The minimum absolute atomic E-state index is 0.0405. The maximum Gasteiger partial charge on any atom is 0.225 e. The van der Waals surface area contributed by atoms with Gasteiger partial charge in [0.2, 0.25) is 5.91 Å². The molecule has 1 N–H and O–H groups in total. The minimum atomic E-state index is 0.0405. The van der Waals surface area contributed by atoms with Crippen molar-refractivity contribution in [3.05, 3.63) is 0 Å². The molecule has 1 aliphatic heterocycles. The quantitative estimate of drug-likeness (QED) is 0.787. The molecule has 1 saturated carbocycles. The Morgan fingerprint density at radius 2 is 2.18 bits per heavy atom. The molecule has 2 atom stereocenters. The van der Waals surface area contributed by atoms with Crippen LogP contribution in [0.5, 0.6) is 0 Å². The number of halogens is 1. The predicted octanol–water partition coefficient (Wildman–Crippen LogP) is 2.33. The van der Waals surface area contributed by atoms with Crippen LogP contribution in [0.3, 0.4) is 0 Å². The summed E-state index contributed by atoms with van der Waals surface area (Å²) in [4.78, 5) is 12.0. The van der Waals surface area contributed by atoms with Crippen LogP contribution >= 0.6 is 11.6 Å². The number of carbonyl (C=O) groups excluding carboxylic acids is 1. The zero-order valence-corrected chi connectivity index (χ0v) is 11.3. The Morgan fingerprint density at radius 1 is 1.47 bits per heavy atom. The Morgan fingerprint density at radius 3 is 2.71 bits per heavy atom. The summed E-state index contributed by atoms with van der Waals surface area (Å²) >= 11 is 6.05. The van der Waals surface area contributed by atoms with E-state index in [0.29, 0.717) is 12.5 Å². The van der Waals surface area contributed by atoms with E-state index < -0.39 is 0 Å². The average Bonchev–Trinajstić information content (AvgIpc) is 2.95. The molecule has 2 rings (SSSR count). The fourth-order valence-corrected chi connectivity index (χ4v) is 3.26. The van der Waals surface area contributed by atoms with Crippen LogP contribution in [0.15, 0.2) is 0 Å². The van der Waals surface area contributed by atoms with Crippen LogP contribution in [0.25, 0.3) is 0 Å². The van der Waals surface area contributed by atoms with E-state index in [1.165, 1.54) is 12.8 Å². The zero-order valence-electron chi connectivity index (χ0n) is 10.5. The summed E-state index contributed by atoms with van der Waals surface area (Å²) in [6.45, 7) is 3.32. The van der Waals surface area contributed by atoms with Gasteiger partial charge >= 0.3 is 0 Å². The van der Waals surface area contributed by atoms with Gasteiger partial charge in [-0.05, 0) is 26.2 Å². The van der Waals surface area contributed by atoms with Crippen molar-refractivity contribution in [2.75, 3.05) is 19.0 Å². The molecule has 98 valence electrons. The van der Waals surface area contributed by atoms with Crippen molar-refractivity contribution in [2.45, 2.75) is 45.1 Å². The fourth-order valence-electron chi connectivity index (χ4n) is 2.90. The molecule has 0 bridgehead atoms. The molecule has 1 aliphatic carbocycles. The molecule has 3 nitrogen and oxygen atoms in total. The van der Waals surface area contributed by atoms with Gasteiger partial charge in [-0.25, -0.2) is 0 Å². The molecule has 17 heavy (non-hydrogen) atoms. The molecule has 0 aromatic rings. The Bertz CT molecular complexity index is 277. The first-order valence-corrected chi connectivity index (χ1v) is 7.14. The van der Waals surface area contributed by atoms with Crippen molar-refractivity contribution in [3.63, 3.8) is 0 Å². The second kappa shape index (κ2) is 5.57. The summed E-state index contributed by atoms with van der Waals surface area (Å²) in [6.07, 6.45) is 5.85. The third kappa shape index (κ3) is 3.14. The highest BCUT2D eigenvalue weighted by Gasteiger charge is 2.35. The van der Waals surface area contributed by atoms with Crippen molar-refractivity contribution >= 4 is 17.5 Å². The topological polar surface area (TPSA) is 38.3 Å². The van der Waals surface area contributed by atoms with Gasteiger partial charge in [-0.3, -0.25) is 4.79 Å². The first-order chi connectivity index (χ1) is 8.15. The lowest BCUT2D eigenvalue weighted by molar-refractivity contribution is -0.125. The van der Waals surface area contributed by atoms with E-state index in [2.05, 4.69) is 5.32 Å². The van der Waals surface area contributed by atoms with Gasteiger partial charge in [0.25, 0.3) is 0 Å². The van der Waals surface area contributed by atoms with Crippen LogP contribution in [0, 0.1) is 11.3 Å². The van der Waals surface area contributed by atoms with Gasteiger partial charge in [0.05, 0.1) is 18.6 Å². The van der Waals surface area contributed by atoms with E-state index in [0.717, 1.165) is 25.8 Å². The van der Waals surface area contributed by atoms with Gasteiger partial charge in [-0.2, -0.15) is 0 Å². The SMILES string of the molecule is CC1CC(C(=O)NCC2(CCl)CCCC2)CO1. The largest absolute Gasteiger partial charge is 0.378 e. The highest BCUT2D eigenvalue weighted by atomic mass is 35.5. The Kier molecular flexibility index (Phi) is 4.31. The van der Waals surface area contributed by atoms with Crippen LogP contribution in [-0.2, 0) is 9.53 Å². The van der Waals surface area contributed by atoms with Crippen molar-refractivity contribution in [1.82, 2.24) is 5.32 Å². The monoisotopic (exact) mass is 259 g/mol. The van der Waals surface area contributed by atoms with E-state index in [-0.39, 0.29) is 23.3 Å². The van der Waals surface area contributed by atoms with Crippen LogP contribution in [-0.4, -0.2) is 31.0 Å². The molecule has 1 saturated heterocycles. The van der Waals surface area contributed by atoms with E-state index >= 15 is 0 Å². The summed E-state index contributed by atoms with van der Waals surface area (Å²) in [5.74, 6) is 0.842. The highest BCUT2D eigenvalue weighted by Crippen LogP contribution is 2.38. The first-order valence-electron chi connectivity index (χ1n) is 6.60. The first kappa shape index (κ1) is 13.2. The number of alkyl halides is 1. The normalized spacial score (nSPS) is 31.6. The van der Waals surface area contributed by atoms with Gasteiger partial charge in [0.15, 0.2) is 0 Å². The van der Waals surface area contributed by atoms with Gasteiger partial charge < -0.3 is 10.1 Å². The number of nitrogens with one attached hydrogen (secondary N) is 1. The summed E-state index contributed by atoms with van der Waals surface area (Å²) < 4.78 is 5.42. The minimum Gasteiger partial charge on any atom is -0.378 e. The summed E-state index contributed by atoms with van der Waals surface area (Å²) in [5, 5.41) is 3.08. The number of amides is 1. The Hall–Kier alpha value is -0.280.